The van der Waals surface area contributed by atoms with E-state index < -0.39 is 0 Å². The second kappa shape index (κ2) is 6.75. The summed E-state index contributed by atoms with van der Waals surface area (Å²) < 4.78 is 5.28. The molecule has 1 aromatic carbocycles. The predicted molar refractivity (Wildman–Crippen MR) is 78.1 cm³/mol. The first-order valence-corrected chi connectivity index (χ1v) is 7.24. The number of methoxy groups -OCH3 is 1. The van der Waals surface area contributed by atoms with Crippen molar-refractivity contribution in [3.63, 3.8) is 0 Å². The third kappa shape index (κ3) is 3.12. The van der Waals surface area contributed by atoms with Crippen LogP contribution in [0.3, 0.4) is 0 Å². The molecule has 4 heteroatoms. The number of aliphatic hydroxyl groups is 1. The summed E-state index contributed by atoms with van der Waals surface area (Å²) in [7, 11) is 1.61. The number of aryl methyl sites for hydroxylation is 1. The minimum absolute atomic E-state index is 0.00995. The van der Waals surface area contributed by atoms with Crippen LogP contribution in [0.15, 0.2) is 18.2 Å². The molecule has 1 saturated heterocycles. The van der Waals surface area contributed by atoms with Crippen molar-refractivity contribution in [3.05, 3.63) is 29.3 Å². The van der Waals surface area contributed by atoms with Gasteiger partial charge < -0.3 is 14.7 Å². The molecule has 1 aliphatic rings. The molecule has 1 heterocycles. The van der Waals surface area contributed by atoms with Crippen molar-refractivity contribution in [2.24, 2.45) is 0 Å². The minimum Gasteiger partial charge on any atom is -0.496 e. The zero-order valence-electron chi connectivity index (χ0n) is 12.3. The van der Waals surface area contributed by atoms with Crippen LogP contribution < -0.4 is 4.74 Å². The molecule has 1 aliphatic heterocycles. The molecule has 1 N–H and O–H groups in total. The van der Waals surface area contributed by atoms with Gasteiger partial charge in [0.25, 0.3) is 5.91 Å². The molecule has 1 aromatic rings. The number of rotatable bonds is 3. The number of likely N-dealkylation sites (tertiary alicyclic amines) is 1. The molecule has 4 nitrogen and oxygen atoms in total. The first-order chi connectivity index (χ1) is 9.67. The highest BCUT2D eigenvalue weighted by Crippen LogP contribution is 2.23. The molecule has 0 saturated carbocycles. The van der Waals surface area contributed by atoms with Gasteiger partial charge in [-0.25, -0.2) is 0 Å². The van der Waals surface area contributed by atoms with Gasteiger partial charge in [0.15, 0.2) is 0 Å². The second-order valence-electron chi connectivity index (χ2n) is 5.37. The van der Waals surface area contributed by atoms with Gasteiger partial charge >= 0.3 is 0 Å². The summed E-state index contributed by atoms with van der Waals surface area (Å²) in [5, 5.41) is 9.51. The van der Waals surface area contributed by atoms with Gasteiger partial charge in [-0.2, -0.15) is 0 Å². The highest BCUT2D eigenvalue weighted by molar-refractivity contribution is 5.95. The van der Waals surface area contributed by atoms with E-state index in [-0.39, 0.29) is 18.6 Å². The largest absolute Gasteiger partial charge is 0.496 e. The Balaban J connectivity index is 2.24. The van der Waals surface area contributed by atoms with Crippen LogP contribution in [0.1, 0.15) is 41.6 Å². The van der Waals surface area contributed by atoms with E-state index in [2.05, 4.69) is 0 Å². The summed E-state index contributed by atoms with van der Waals surface area (Å²) in [6.07, 6.45) is 4.08. The van der Waals surface area contributed by atoms with E-state index in [1.54, 1.807) is 13.2 Å². The number of carbonyl (C=O) groups excluding carboxylic acids is 1. The molecule has 1 fully saturated rings. The number of hydrogen-bond donors (Lipinski definition) is 1. The fraction of sp³-hybridized carbons (Fsp3) is 0.562. The zero-order chi connectivity index (χ0) is 14.5. The molecular weight excluding hydrogens is 254 g/mol. The number of benzene rings is 1. The Labute approximate surface area is 120 Å². The summed E-state index contributed by atoms with van der Waals surface area (Å²) in [5.74, 6) is 0.718. The Bertz CT molecular complexity index is 473. The van der Waals surface area contributed by atoms with Crippen LogP contribution in [-0.4, -0.2) is 42.2 Å². The van der Waals surface area contributed by atoms with Gasteiger partial charge in [-0.1, -0.05) is 18.9 Å². The molecule has 20 heavy (non-hydrogen) atoms. The van der Waals surface area contributed by atoms with Gasteiger partial charge in [0.1, 0.15) is 5.75 Å². The topological polar surface area (TPSA) is 49.8 Å². The van der Waals surface area contributed by atoms with Gasteiger partial charge in [-0.3, -0.25) is 4.79 Å². The van der Waals surface area contributed by atoms with E-state index >= 15 is 0 Å². The molecule has 0 radical (unpaired) electrons. The van der Waals surface area contributed by atoms with E-state index in [1.807, 2.05) is 24.0 Å². The van der Waals surface area contributed by atoms with Gasteiger partial charge in [-0.05, 0) is 37.5 Å². The molecule has 1 unspecified atom stereocenters. The van der Waals surface area contributed by atoms with Crippen LogP contribution in [0.25, 0.3) is 0 Å². The monoisotopic (exact) mass is 277 g/mol. The fourth-order valence-corrected chi connectivity index (χ4v) is 2.75. The molecule has 2 rings (SSSR count). The molecule has 0 spiro atoms. The van der Waals surface area contributed by atoms with Gasteiger partial charge in [0, 0.05) is 12.1 Å². The maximum absolute atomic E-state index is 12.7. The van der Waals surface area contributed by atoms with E-state index in [1.165, 1.54) is 0 Å². The number of carbonyl (C=O) groups is 1. The van der Waals surface area contributed by atoms with Crippen molar-refractivity contribution in [1.29, 1.82) is 0 Å². The zero-order valence-corrected chi connectivity index (χ0v) is 12.3. The second-order valence-corrected chi connectivity index (χ2v) is 5.37. The van der Waals surface area contributed by atoms with Crippen LogP contribution >= 0.6 is 0 Å². The average molecular weight is 277 g/mol. The van der Waals surface area contributed by atoms with Crippen LogP contribution in [0.4, 0.5) is 0 Å². The summed E-state index contributed by atoms with van der Waals surface area (Å²) in [5.41, 5.74) is 1.64. The lowest BCUT2D eigenvalue weighted by Gasteiger charge is -2.29. The predicted octanol–water partition coefficient (Wildman–Crippen LogP) is 2.38. The standard InChI is InChI=1S/C16H23NO3/c1-12-7-8-13(10-15(12)20-2)16(19)17-9-5-3-4-6-14(17)11-18/h7-8,10,14,18H,3-6,9,11H2,1-2H3. The third-order valence-electron chi connectivity index (χ3n) is 4.00. The Morgan fingerprint density at radius 1 is 1.40 bits per heavy atom. The first-order valence-electron chi connectivity index (χ1n) is 7.24. The lowest BCUT2D eigenvalue weighted by molar-refractivity contribution is 0.0599. The Hall–Kier alpha value is -1.55. The Morgan fingerprint density at radius 2 is 2.20 bits per heavy atom. The van der Waals surface area contributed by atoms with E-state index in [9.17, 15) is 9.90 Å². The van der Waals surface area contributed by atoms with Crippen molar-refractivity contribution in [2.75, 3.05) is 20.3 Å². The highest BCUT2D eigenvalue weighted by atomic mass is 16.5. The van der Waals surface area contributed by atoms with Crippen molar-refractivity contribution in [2.45, 2.75) is 38.6 Å². The van der Waals surface area contributed by atoms with Gasteiger partial charge in [0.05, 0.1) is 19.8 Å². The highest BCUT2D eigenvalue weighted by Gasteiger charge is 2.26. The normalized spacial score (nSPS) is 19.6. The van der Waals surface area contributed by atoms with Crippen LogP contribution in [0.5, 0.6) is 5.75 Å². The van der Waals surface area contributed by atoms with Crippen molar-refractivity contribution < 1.29 is 14.6 Å². The SMILES string of the molecule is COc1cc(C(=O)N2CCCCCC2CO)ccc1C. The molecule has 0 bridgehead atoms. The van der Waals surface area contributed by atoms with Gasteiger partial charge in [0.2, 0.25) is 0 Å². The van der Waals surface area contributed by atoms with Crippen molar-refractivity contribution >= 4 is 5.91 Å². The fourth-order valence-electron chi connectivity index (χ4n) is 2.75. The summed E-state index contributed by atoms with van der Waals surface area (Å²) in [4.78, 5) is 14.5. The lowest BCUT2D eigenvalue weighted by Crippen LogP contribution is -2.42. The van der Waals surface area contributed by atoms with Crippen molar-refractivity contribution in [1.82, 2.24) is 4.90 Å². The third-order valence-corrected chi connectivity index (χ3v) is 4.00. The Kier molecular flexibility index (Phi) is 5.01. The first kappa shape index (κ1) is 14.9. The smallest absolute Gasteiger partial charge is 0.254 e. The molecular formula is C16H23NO3. The summed E-state index contributed by atoms with van der Waals surface area (Å²) in [6.45, 7) is 2.71. The number of amides is 1. The van der Waals surface area contributed by atoms with Crippen LogP contribution in [0.2, 0.25) is 0 Å². The molecule has 0 aromatic heterocycles. The Morgan fingerprint density at radius 3 is 2.90 bits per heavy atom. The average Bonchev–Trinajstić information content (AvgIpc) is 2.72. The van der Waals surface area contributed by atoms with E-state index in [0.29, 0.717) is 5.56 Å². The van der Waals surface area contributed by atoms with Crippen LogP contribution in [-0.2, 0) is 0 Å². The van der Waals surface area contributed by atoms with Crippen LogP contribution in [0, 0.1) is 6.92 Å². The van der Waals surface area contributed by atoms with Crippen molar-refractivity contribution in [3.8, 4) is 5.75 Å². The number of aliphatic hydroxyl groups excluding tert-OH is 1. The quantitative estimate of drug-likeness (QED) is 0.923. The minimum atomic E-state index is -0.0581. The summed E-state index contributed by atoms with van der Waals surface area (Å²) >= 11 is 0. The maximum Gasteiger partial charge on any atom is 0.254 e. The lowest BCUT2D eigenvalue weighted by atomic mass is 10.1. The number of hydrogen-bond acceptors (Lipinski definition) is 3. The number of nitrogens with zero attached hydrogens (tertiary/aromatic N) is 1. The molecule has 1 amide bonds. The van der Waals surface area contributed by atoms with E-state index in [0.717, 1.165) is 43.5 Å². The maximum atomic E-state index is 12.7. The molecule has 110 valence electrons. The number of ether oxygens (including phenoxy) is 1. The summed E-state index contributed by atoms with van der Waals surface area (Å²) in [6, 6.07) is 5.46. The van der Waals surface area contributed by atoms with Gasteiger partial charge in [-0.15, -0.1) is 0 Å². The molecule has 0 aliphatic carbocycles. The van der Waals surface area contributed by atoms with E-state index in [4.69, 9.17) is 4.74 Å². The molecule has 1 atom stereocenters.